The van der Waals surface area contributed by atoms with Gasteiger partial charge in [0.15, 0.2) is 0 Å². The summed E-state index contributed by atoms with van der Waals surface area (Å²) in [5.74, 6) is -0.501. The normalized spacial score (nSPS) is 10.2. The van der Waals surface area contributed by atoms with Crippen LogP contribution in [0, 0.1) is 0 Å². The molecule has 0 unspecified atom stereocenters. The minimum absolute atomic E-state index is 0. The molecule has 0 fully saturated rings. The Hall–Kier alpha value is -0.140. The molecule has 1 aromatic heterocycles. The maximum atomic E-state index is 10.3. The Labute approximate surface area is 98.6 Å². The second kappa shape index (κ2) is 5.56. The molecular formula is C6H9N2NaO3S. The van der Waals surface area contributed by atoms with E-state index in [1.807, 2.05) is 0 Å². The molecule has 5 nitrogen and oxygen atoms in total. The summed E-state index contributed by atoms with van der Waals surface area (Å²) in [5.41, 5.74) is 0.551. The first kappa shape index (κ1) is 12.9. The van der Waals surface area contributed by atoms with Crippen LogP contribution in [0.1, 0.15) is 0 Å². The second-order valence-corrected chi connectivity index (χ2v) is 3.60. The van der Waals surface area contributed by atoms with Gasteiger partial charge in [0.1, 0.15) is 5.88 Å². The predicted molar refractivity (Wildman–Crippen MR) is 51.4 cm³/mol. The molecule has 0 bridgehead atoms. The van der Waals surface area contributed by atoms with Gasteiger partial charge in [-0.25, -0.2) is 0 Å². The molecule has 1 heterocycles. The Kier molecular flexibility index (Phi) is 5.50. The van der Waals surface area contributed by atoms with Crippen molar-refractivity contribution in [1.29, 1.82) is 0 Å². The number of hydrogen-bond acceptors (Lipinski definition) is 4. The topological polar surface area (TPSA) is 79.3 Å². The van der Waals surface area contributed by atoms with Gasteiger partial charge < -0.3 is 5.32 Å². The fraction of sp³-hybridized carbons (Fsp3) is 0.167. The van der Waals surface area contributed by atoms with Crippen molar-refractivity contribution >= 4 is 45.4 Å². The molecule has 0 spiro atoms. The van der Waals surface area contributed by atoms with Gasteiger partial charge in [-0.05, 0) is 12.1 Å². The van der Waals surface area contributed by atoms with E-state index in [0.717, 1.165) is 0 Å². The number of rotatable bonds is 3. The van der Waals surface area contributed by atoms with Crippen LogP contribution in [0.25, 0.3) is 0 Å². The van der Waals surface area contributed by atoms with E-state index < -0.39 is 16.0 Å². The van der Waals surface area contributed by atoms with Gasteiger partial charge in [-0.3, -0.25) is 9.54 Å². The van der Waals surface area contributed by atoms with Gasteiger partial charge in [-0.15, -0.1) is 0 Å². The molecular weight excluding hydrogens is 203 g/mol. The average molecular weight is 212 g/mol. The first-order valence-corrected chi connectivity index (χ1v) is 4.78. The summed E-state index contributed by atoms with van der Waals surface area (Å²) < 4.78 is 28.9. The predicted octanol–water partition coefficient (Wildman–Crippen LogP) is -0.310. The van der Waals surface area contributed by atoms with Crippen molar-refractivity contribution in [1.82, 2.24) is 4.98 Å². The molecule has 0 saturated heterocycles. The van der Waals surface area contributed by atoms with E-state index in [0.29, 0.717) is 5.69 Å². The van der Waals surface area contributed by atoms with Crippen LogP contribution in [0.15, 0.2) is 24.5 Å². The molecule has 0 aliphatic carbocycles. The van der Waals surface area contributed by atoms with Gasteiger partial charge in [0.05, 0.1) is 5.69 Å². The molecule has 0 aromatic carbocycles. The maximum absolute atomic E-state index is 10.3. The molecule has 0 aliphatic heterocycles. The van der Waals surface area contributed by atoms with Gasteiger partial charge in [0.25, 0.3) is 10.1 Å². The Morgan fingerprint density at radius 2 is 2.23 bits per heavy atom. The Morgan fingerprint density at radius 1 is 1.54 bits per heavy atom. The summed E-state index contributed by atoms with van der Waals surface area (Å²) in [6.07, 6.45) is 3.03. The van der Waals surface area contributed by atoms with Crippen molar-refractivity contribution in [3.05, 3.63) is 24.5 Å². The first-order valence-electron chi connectivity index (χ1n) is 3.17. The van der Waals surface area contributed by atoms with Crippen molar-refractivity contribution in [3.63, 3.8) is 0 Å². The molecule has 0 radical (unpaired) electrons. The summed E-state index contributed by atoms with van der Waals surface area (Å²) >= 11 is 0. The van der Waals surface area contributed by atoms with E-state index in [-0.39, 0.29) is 29.6 Å². The summed E-state index contributed by atoms with van der Waals surface area (Å²) in [7, 11) is -3.96. The van der Waals surface area contributed by atoms with Crippen LogP contribution in [0.3, 0.4) is 0 Å². The number of aromatic nitrogens is 1. The summed E-state index contributed by atoms with van der Waals surface area (Å²) in [4.78, 5) is 3.75. The Bertz CT molecular complexity index is 340. The summed E-state index contributed by atoms with van der Waals surface area (Å²) in [6.45, 7) is 0. The van der Waals surface area contributed by atoms with E-state index in [9.17, 15) is 8.42 Å². The molecule has 68 valence electrons. The summed E-state index contributed by atoms with van der Waals surface area (Å²) in [5, 5.41) is 2.48. The van der Waals surface area contributed by atoms with Gasteiger partial charge in [0.2, 0.25) is 0 Å². The van der Waals surface area contributed by atoms with Crippen molar-refractivity contribution in [2.45, 2.75) is 0 Å². The molecule has 1 aromatic rings. The minimum atomic E-state index is -3.96. The Morgan fingerprint density at radius 3 is 2.69 bits per heavy atom. The molecule has 0 atom stereocenters. The Balaban J connectivity index is 0.00000144. The number of pyridine rings is 1. The van der Waals surface area contributed by atoms with E-state index in [4.69, 9.17) is 4.55 Å². The van der Waals surface area contributed by atoms with Gasteiger partial charge in [-0.2, -0.15) is 8.42 Å². The number of nitrogens with one attached hydrogen (secondary N) is 1. The molecule has 7 heteroatoms. The van der Waals surface area contributed by atoms with Crippen molar-refractivity contribution in [3.8, 4) is 0 Å². The zero-order valence-corrected chi connectivity index (χ0v) is 6.95. The van der Waals surface area contributed by atoms with Crippen LogP contribution in [0.5, 0.6) is 0 Å². The number of anilines is 1. The average Bonchev–Trinajstić information content (AvgIpc) is 2.02. The molecule has 0 saturated carbocycles. The first-order chi connectivity index (χ1) is 5.58. The third kappa shape index (κ3) is 6.00. The van der Waals surface area contributed by atoms with E-state index in [1.54, 1.807) is 18.3 Å². The van der Waals surface area contributed by atoms with Gasteiger partial charge in [-0.1, -0.05) is 0 Å². The van der Waals surface area contributed by atoms with Crippen LogP contribution in [-0.4, -0.2) is 53.4 Å². The van der Waals surface area contributed by atoms with Crippen molar-refractivity contribution in [2.75, 3.05) is 11.2 Å². The fourth-order valence-electron chi connectivity index (χ4n) is 0.642. The quantitative estimate of drug-likeness (QED) is 0.530. The van der Waals surface area contributed by atoms with Crippen LogP contribution in [0.4, 0.5) is 5.69 Å². The molecule has 0 aliphatic rings. The van der Waals surface area contributed by atoms with Gasteiger partial charge >= 0.3 is 29.6 Å². The van der Waals surface area contributed by atoms with Crippen LogP contribution in [0.2, 0.25) is 0 Å². The van der Waals surface area contributed by atoms with E-state index in [1.165, 1.54) is 6.20 Å². The van der Waals surface area contributed by atoms with E-state index in [2.05, 4.69) is 10.3 Å². The van der Waals surface area contributed by atoms with Crippen molar-refractivity contribution in [2.24, 2.45) is 0 Å². The second-order valence-electron chi connectivity index (χ2n) is 2.14. The molecule has 13 heavy (non-hydrogen) atoms. The van der Waals surface area contributed by atoms with Crippen molar-refractivity contribution < 1.29 is 13.0 Å². The summed E-state index contributed by atoms with van der Waals surface area (Å²) in [6, 6.07) is 3.31. The number of nitrogens with zero attached hydrogens (tertiary/aromatic N) is 1. The fourth-order valence-corrected chi connectivity index (χ4v) is 0.991. The monoisotopic (exact) mass is 212 g/mol. The molecule has 1 rings (SSSR count). The standard InChI is InChI=1S/C6H8N2O3S.Na.H/c9-12(10,11)5-8-6-2-1-3-7-4-6;;/h1-4,8H,5H2,(H,9,10,11);;. The zero-order chi connectivity index (χ0) is 9.03. The zero-order valence-electron chi connectivity index (χ0n) is 6.14. The number of hydrogen-bond donors (Lipinski definition) is 2. The van der Waals surface area contributed by atoms with Crippen LogP contribution in [-0.2, 0) is 10.1 Å². The van der Waals surface area contributed by atoms with Crippen LogP contribution >= 0.6 is 0 Å². The van der Waals surface area contributed by atoms with Crippen LogP contribution < -0.4 is 5.32 Å². The third-order valence-corrected chi connectivity index (χ3v) is 1.63. The van der Waals surface area contributed by atoms with Gasteiger partial charge in [0, 0.05) is 12.4 Å². The van der Waals surface area contributed by atoms with E-state index >= 15 is 0 Å². The molecule has 0 amide bonds. The SMILES string of the molecule is O=S(=O)(O)CNc1cccnc1.[NaH]. The third-order valence-electron chi connectivity index (χ3n) is 1.12. The molecule has 2 N–H and O–H groups in total.